The van der Waals surface area contributed by atoms with Crippen LogP contribution in [0.5, 0.6) is 0 Å². The van der Waals surface area contributed by atoms with E-state index in [9.17, 15) is 22.8 Å². The van der Waals surface area contributed by atoms with E-state index >= 15 is 0 Å². The van der Waals surface area contributed by atoms with E-state index in [-0.39, 0.29) is 33.4 Å². The first-order valence-corrected chi connectivity index (χ1v) is 10.0. The van der Waals surface area contributed by atoms with Gasteiger partial charge in [-0.25, -0.2) is 0 Å². The lowest BCUT2D eigenvalue weighted by Crippen LogP contribution is -2.31. The minimum Gasteiger partial charge on any atom is -0.353 e. The molecular weight excluding hydrogens is 457 g/mol. The van der Waals surface area contributed by atoms with Crippen molar-refractivity contribution in [3.63, 3.8) is 0 Å². The minimum atomic E-state index is -4.54. The molecule has 0 fully saturated rings. The lowest BCUT2D eigenvalue weighted by molar-refractivity contribution is -0.138. The summed E-state index contributed by atoms with van der Waals surface area (Å²) in [5, 5.41) is 5.24. The van der Waals surface area contributed by atoms with Gasteiger partial charge in [-0.05, 0) is 44.2 Å². The van der Waals surface area contributed by atoms with Crippen LogP contribution in [0, 0.1) is 0 Å². The fourth-order valence-electron chi connectivity index (χ4n) is 2.31. The van der Waals surface area contributed by atoms with Crippen molar-refractivity contribution in [3.05, 3.63) is 58.1 Å². The fraction of sp³-hybridized carbons (Fsp3) is 0.263. The second-order valence-electron chi connectivity index (χ2n) is 6.15. The number of benzene rings is 2. The van der Waals surface area contributed by atoms with Gasteiger partial charge in [0.2, 0.25) is 5.91 Å². The van der Waals surface area contributed by atoms with Gasteiger partial charge < -0.3 is 10.6 Å². The van der Waals surface area contributed by atoms with E-state index in [2.05, 4.69) is 26.6 Å². The molecular formula is C19H18BrF3N2O2S. The molecule has 28 heavy (non-hydrogen) atoms. The van der Waals surface area contributed by atoms with Crippen molar-refractivity contribution in [3.8, 4) is 0 Å². The number of rotatable bonds is 6. The highest BCUT2D eigenvalue weighted by atomic mass is 79.9. The van der Waals surface area contributed by atoms with Gasteiger partial charge in [-0.3, -0.25) is 9.59 Å². The highest BCUT2D eigenvalue weighted by Crippen LogP contribution is 2.36. The molecule has 0 heterocycles. The highest BCUT2D eigenvalue weighted by molar-refractivity contribution is 9.10. The molecule has 0 spiro atoms. The Morgan fingerprint density at radius 3 is 2.46 bits per heavy atom. The van der Waals surface area contributed by atoms with Crippen LogP contribution in [-0.4, -0.2) is 23.6 Å². The number of alkyl halides is 3. The highest BCUT2D eigenvalue weighted by Gasteiger charge is 2.33. The van der Waals surface area contributed by atoms with Gasteiger partial charge in [0.25, 0.3) is 5.91 Å². The van der Waals surface area contributed by atoms with Gasteiger partial charge >= 0.3 is 6.18 Å². The number of halogens is 4. The lowest BCUT2D eigenvalue weighted by atomic mass is 10.1. The SMILES string of the molecule is CC(C)NC(=O)CSc1ccccc1C(=O)Nc1ccc(Br)c(C(F)(F)F)c1. The molecule has 2 amide bonds. The summed E-state index contributed by atoms with van der Waals surface area (Å²) in [6, 6.07) is 10.1. The quantitative estimate of drug-likeness (QED) is 0.555. The van der Waals surface area contributed by atoms with E-state index in [1.165, 1.54) is 23.9 Å². The smallest absolute Gasteiger partial charge is 0.353 e. The average molecular weight is 475 g/mol. The third kappa shape index (κ3) is 6.27. The molecule has 0 saturated heterocycles. The van der Waals surface area contributed by atoms with Gasteiger partial charge in [-0.2, -0.15) is 13.2 Å². The van der Waals surface area contributed by atoms with Crippen LogP contribution in [0.15, 0.2) is 51.8 Å². The monoisotopic (exact) mass is 474 g/mol. The van der Waals surface area contributed by atoms with Crippen LogP contribution >= 0.6 is 27.7 Å². The van der Waals surface area contributed by atoms with E-state index in [1.54, 1.807) is 24.3 Å². The number of amides is 2. The molecule has 0 aliphatic carbocycles. The first-order valence-electron chi connectivity index (χ1n) is 8.27. The normalized spacial score (nSPS) is 11.4. The largest absolute Gasteiger partial charge is 0.417 e. The molecule has 0 aliphatic rings. The van der Waals surface area contributed by atoms with Crippen molar-refractivity contribution in [2.75, 3.05) is 11.1 Å². The molecule has 0 saturated carbocycles. The van der Waals surface area contributed by atoms with Gasteiger partial charge in [0, 0.05) is 21.1 Å². The van der Waals surface area contributed by atoms with Crippen LogP contribution in [0.25, 0.3) is 0 Å². The maximum Gasteiger partial charge on any atom is 0.417 e. The van der Waals surface area contributed by atoms with Crippen LogP contribution in [0.1, 0.15) is 29.8 Å². The van der Waals surface area contributed by atoms with Gasteiger partial charge in [0.1, 0.15) is 0 Å². The van der Waals surface area contributed by atoms with Crippen LogP contribution in [0.4, 0.5) is 18.9 Å². The Bertz CT molecular complexity index is 872. The molecule has 0 aromatic heterocycles. The maximum atomic E-state index is 13.0. The predicted octanol–water partition coefficient (Wildman–Crippen LogP) is 5.34. The molecule has 2 aromatic carbocycles. The molecule has 0 bridgehead atoms. The zero-order valence-electron chi connectivity index (χ0n) is 15.1. The maximum absolute atomic E-state index is 13.0. The Kier molecular flexibility index (Phi) is 7.54. The van der Waals surface area contributed by atoms with E-state index in [4.69, 9.17) is 0 Å². The fourth-order valence-corrected chi connectivity index (χ4v) is 3.64. The number of hydrogen-bond donors (Lipinski definition) is 2. The van der Waals surface area contributed by atoms with Crippen LogP contribution in [0.3, 0.4) is 0 Å². The van der Waals surface area contributed by atoms with Gasteiger partial charge in [0.05, 0.1) is 16.9 Å². The number of carbonyl (C=O) groups is 2. The third-order valence-electron chi connectivity index (χ3n) is 3.47. The predicted molar refractivity (Wildman–Crippen MR) is 108 cm³/mol. The summed E-state index contributed by atoms with van der Waals surface area (Å²) in [7, 11) is 0. The standard InChI is InChI=1S/C19H18BrF3N2O2S/c1-11(2)24-17(26)10-28-16-6-4-3-5-13(16)18(27)25-12-7-8-15(20)14(9-12)19(21,22)23/h3-9,11H,10H2,1-2H3,(H,24,26)(H,25,27). The summed E-state index contributed by atoms with van der Waals surface area (Å²) >= 11 is 4.05. The zero-order valence-corrected chi connectivity index (χ0v) is 17.5. The van der Waals surface area contributed by atoms with Crippen LogP contribution in [0.2, 0.25) is 0 Å². The van der Waals surface area contributed by atoms with E-state index in [1.807, 2.05) is 13.8 Å². The van der Waals surface area contributed by atoms with Crippen molar-refractivity contribution in [2.45, 2.75) is 31.0 Å². The van der Waals surface area contributed by atoms with Gasteiger partial charge in [-0.1, -0.05) is 28.1 Å². The molecule has 2 rings (SSSR count). The van der Waals surface area contributed by atoms with Gasteiger partial charge in [0.15, 0.2) is 0 Å². The second kappa shape index (κ2) is 9.47. The Balaban J connectivity index is 2.16. The van der Waals surface area contributed by atoms with Crippen molar-refractivity contribution >= 4 is 45.2 Å². The zero-order chi connectivity index (χ0) is 20.9. The van der Waals surface area contributed by atoms with Crippen molar-refractivity contribution in [1.29, 1.82) is 0 Å². The van der Waals surface area contributed by atoms with E-state index < -0.39 is 17.6 Å². The Morgan fingerprint density at radius 1 is 1.14 bits per heavy atom. The molecule has 0 atom stereocenters. The molecule has 4 nitrogen and oxygen atoms in total. The van der Waals surface area contributed by atoms with E-state index in [0.29, 0.717) is 4.90 Å². The first-order chi connectivity index (χ1) is 13.1. The molecule has 2 aromatic rings. The molecule has 0 unspecified atom stereocenters. The number of hydrogen-bond acceptors (Lipinski definition) is 3. The molecule has 0 aliphatic heterocycles. The summed E-state index contributed by atoms with van der Waals surface area (Å²) in [6.45, 7) is 3.69. The summed E-state index contributed by atoms with van der Waals surface area (Å²) in [5.41, 5.74) is -0.572. The molecule has 0 radical (unpaired) electrons. The Morgan fingerprint density at radius 2 is 1.82 bits per heavy atom. The van der Waals surface area contributed by atoms with Crippen LogP contribution < -0.4 is 10.6 Å². The first kappa shape index (κ1) is 22.3. The van der Waals surface area contributed by atoms with Crippen molar-refractivity contribution in [2.24, 2.45) is 0 Å². The summed E-state index contributed by atoms with van der Waals surface area (Å²) in [5.74, 6) is -0.598. The third-order valence-corrected chi connectivity index (χ3v) is 5.23. The topological polar surface area (TPSA) is 58.2 Å². The van der Waals surface area contributed by atoms with Gasteiger partial charge in [-0.15, -0.1) is 11.8 Å². The number of thioether (sulfide) groups is 1. The molecule has 2 N–H and O–H groups in total. The number of carbonyl (C=O) groups excluding carboxylic acids is 2. The lowest BCUT2D eigenvalue weighted by Gasteiger charge is -2.13. The second-order valence-corrected chi connectivity index (χ2v) is 8.03. The average Bonchev–Trinajstić information content (AvgIpc) is 2.60. The molecule has 150 valence electrons. The van der Waals surface area contributed by atoms with Crippen LogP contribution in [-0.2, 0) is 11.0 Å². The number of nitrogens with one attached hydrogen (secondary N) is 2. The van der Waals surface area contributed by atoms with E-state index in [0.717, 1.165) is 6.07 Å². The summed E-state index contributed by atoms with van der Waals surface area (Å²) in [6.07, 6.45) is -4.54. The van der Waals surface area contributed by atoms with Crippen molar-refractivity contribution < 1.29 is 22.8 Å². The number of anilines is 1. The Labute approximate surface area is 173 Å². The summed E-state index contributed by atoms with van der Waals surface area (Å²) < 4.78 is 39.0. The summed E-state index contributed by atoms with van der Waals surface area (Å²) in [4.78, 5) is 25.0. The molecule has 9 heteroatoms. The minimum absolute atomic E-state index is 0.00637. The van der Waals surface area contributed by atoms with Crippen molar-refractivity contribution in [1.82, 2.24) is 5.32 Å². The Hall–Kier alpha value is -2.00.